The smallest absolute Gasteiger partial charge is 0.403 e. The maximum absolute atomic E-state index is 13.9. The maximum Gasteiger partial charge on any atom is 0.573 e. The van der Waals surface area contributed by atoms with E-state index in [-0.39, 0.29) is 47.6 Å². The molecule has 5 saturated heterocycles. The maximum atomic E-state index is 13.9. The predicted molar refractivity (Wildman–Crippen MR) is 324 cm³/mol. The number of anilines is 7. The number of halogens is 8. The number of aromatic nitrogens is 12. The number of ketones is 2. The molecular weight excluding hydrogens is 1280 g/mol. The van der Waals surface area contributed by atoms with Gasteiger partial charge in [0.05, 0.1) is 24.9 Å². The third kappa shape index (κ3) is 17.4. The van der Waals surface area contributed by atoms with E-state index in [2.05, 4.69) is 101 Å². The molecule has 25 nitrogen and oxygen atoms in total. The molecule has 486 valence electrons. The average molecular weight is 1340 g/mol. The Morgan fingerprint density at radius 1 is 0.511 bits per heavy atom. The number of ether oxygens (including phenoxy) is 2. The van der Waals surface area contributed by atoms with E-state index in [4.69, 9.17) is 5.73 Å². The number of carbonyl (C=O) groups is 2. The van der Waals surface area contributed by atoms with E-state index >= 15 is 0 Å². The van der Waals surface area contributed by atoms with E-state index < -0.39 is 47.9 Å². The molecule has 0 bridgehead atoms. The summed E-state index contributed by atoms with van der Waals surface area (Å²) in [7, 11) is 0. The van der Waals surface area contributed by atoms with Crippen LogP contribution < -0.4 is 45.9 Å². The molecule has 36 heteroatoms. The van der Waals surface area contributed by atoms with Crippen molar-refractivity contribution in [1.82, 2.24) is 71.0 Å². The van der Waals surface area contributed by atoms with Gasteiger partial charge in [-0.3, -0.25) is 19.4 Å². The molecule has 0 amide bonds. The van der Waals surface area contributed by atoms with Crippen molar-refractivity contribution in [2.45, 2.75) is 87.9 Å². The summed E-state index contributed by atoms with van der Waals surface area (Å²) in [5, 5.41) is 61.8. The second kappa shape index (κ2) is 29.3. The van der Waals surface area contributed by atoms with E-state index in [0.717, 1.165) is 118 Å². The van der Waals surface area contributed by atoms with Gasteiger partial charge in [0.1, 0.15) is 10.0 Å². The van der Waals surface area contributed by atoms with Crippen molar-refractivity contribution in [1.29, 1.82) is 0 Å². The Kier molecular flexibility index (Phi) is 20.6. The van der Waals surface area contributed by atoms with Crippen LogP contribution in [0.1, 0.15) is 65.3 Å². The summed E-state index contributed by atoms with van der Waals surface area (Å²) in [6, 6.07) is 16.6. The molecule has 0 radical (unpaired) electrons. The first-order valence-electron chi connectivity index (χ1n) is 29.1. The van der Waals surface area contributed by atoms with Gasteiger partial charge in [-0.1, -0.05) is 46.1 Å². The number of likely N-dealkylation sites (tertiary alicyclic amines) is 2. The van der Waals surface area contributed by atoms with Gasteiger partial charge in [0.25, 0.3) is 0 Å². The fourth-order valence-corrected chi connectivity index (χ4v) is 13.1. The van der Waals surface area contributed by atoms with Crippen LogP contribution in [0.25, 0.3) is 0 Å². The van der Waals surface area contributed by atoms with Gasteiger partial charge >= 0.3 is 12.7 Å². The number of nitrogens with two attached hydrogens (primary N) is 1. The van der Waals surface area contributed by atoms with Gasteiger partial charge in [0, 0.05) is 102 Å². The lowest BCUT2D eigenvalue weighted by Gasteiger charge is -2.37. The standard InChI is InChI=1S/2C23H23F4N7O2S.C10H13N7S/c2*24-16-5-4-14(11-18(16)36-23(25,26)27)21(33-8-2-9-33)17(35)12-20-31-32-22(37-20)29-15-6-10-34(13-15)19-3-1-7-28-30-19;11-9-15-16-10(18-9)13-7-3-5-17(6-7)8-2-1-4-12-14-8/h2*1,3-5,7,11,15,21H,2,6,8-10,12-13H2,(H,29,32);1-2,4,7H,3,5-6H2,(H2,11,15)(H,13,16)/t15-,21+;15-,21-;7-/m111/s1. The van der Waals surface area contributed by atoms with Crippen LogP contribution >= 0.6 is 34.0 Å². The lowest BCUT2D eigenvalue weighted by molar-refractivity contribution is -0.276. The van der Waals surface area contributed by atoms with Crippen LogP contribution in [-0.4, -0.2) is 179 Å². The van der Waals surface area contributed by atoms with E-state index in [1.807, 2.05) is 46.2 Å². The minimum Gasteiger partial charge on any atom is -0.403 e. The van der Waals surface area contributed by atoms with Gasteiger partial charge in [-0.25, -0.2) is 8.78 Å². The monoisotopic (exact) mass is 1340 g/mol. The molecule has 5 aliphatic rings. The zero-order chi connectivity index (χ0) is 64.4. The van der Waals surface area contributed by atoms with E-state index in [1.165, 1.54) is 46.1 Å². The fraction of sp³-hybridized carbons (Fsp3) is 0.429. The Bertz CT molecular complexity index is 3530. The normalized spacial score (nSPS) is 19.0. The number of hydrogen-bond donors (Lipinski definition) is 4. The van der Waals surface area contributed by atoms with Crippen molar-refractivity contribution < 1.29 is 54.2 Å². The lowest BCUT2D eigenvalue weighted by Crippen LogP contribution is -2.44. The van der Waals surface area contributed by atoms with Crippen molar-refractivity contribution in [2.75, 3.05) is 102 Å². The highest BCUT2D eigenvalue weighted by Crippen LogP contribution is 2.37. The fourth-order valence-electron chi connectivity index (χ4n) is 10.9. The molecule has 5 fully saturated rings. The quantitative estimate of drug-likeness (QED) is 0.0498. The Morgan fingerprint density at radius 3 is 1.20 bits per heavy atom. The molecule has 5 atom stereocenters. The lowest BCUT2D eigenvalue weighted by atomic mass is 9.96. The summed E-state index contributed by atoms with van der Waals surface area (Å²) < 4.78 is 112. The van der Waals surface area contributed by atoms with Gasteiger partial charge < -0.3 is 45.9 Å². The zero-order valence-corrected chi connectivity index (χ0v) is 51.1. The summed E-state index contributed by atoms with van der Waals surface area (Å²) in [5.41, 5.74) is 6.03. The highest BCUT2D eigenvalue weighted by molar-refractivity contribution is 7.18. The summed E-state index contributed by atoms with van der Waals surface area (Å²) in [6.45, 7) is 7.35. The third-order valence-corrected chi connectivity index (χ3v) is 17.7. The second-order valence-corrected chi connectivity index (χ2v) is 24.9. The van der Waals surface area contributed by atoms with E-state index in [0.29, 0.717) is 57.6 Å². The molecule has 5 aliphatic heterocycles. The molecule has 0 spiro atoms. The molecule has 0 saturated carbocycles. The number of benzene rings is 2. The van der Waals surface area contributed by atoms with Crippen molar-refractivity contribution in [3.8, 4) is 11.5 Å². The van der Waals surface area contributed by atoms with Crippen molar-refractivity contribution in [3.63, 3.8) is 0 Å². The van der Waals surface area contributed by atoms with Gasteiger partial charge in [0.15, 0.2) is 52.2 Å². The van der Waals surface area contributed by atoms with Crippen molar-refractivity contribution in [2.24, 2.45) is 0 Å². The molecule has 8 aromatic rings. The minimum atomic E-state index is -5.05. The summed E-state index contributed by atoms with van der Waals surface area (Å²) in [4.78, 5) is 36.7. The van der Waals surface area contributed by atoms with Crippen LogP contribution in [0.3, 0.4) is 0 Å². The van der Waals surface area contributed by atoms with Crippen LogP contribution in [0.2, 0.25) is 0 Å². The van der Waals surface area contributed by atoms with E-state index in [1.54, 1.807) is 18.6 Å². The second-order valence-electron chi connectivity index (χ2n) is 21.8. The van der Waals surface area contributed by atoms with Gasteiger partial charge in [0.2, 0.25) is 20.5 Å². The Morgan fingerprint density at radius 2 is 0.880 bits per heavy atom. The SMILES string of the molecule is Nc1nnc(N[C@@H]2CCN(c3cccnn3)C2)s1.O=C(Cc1nnc(N[C@@H]2CCN(c3cccnn3)C2)s1)[C@@H](c1ccc(F)c(OC(F)(F)F)c1)N1CCC1.O=C(Cc1nnc(N[C@@H]2CCN(c3cccnn3)C2)s1)[C@H](c1ccc(F)c(OC(F)(F)F)c1)N1CCC1. The average Bonchev–Trinajstić information content (AvgIpc) is 1.69. The highest BCUT2D eigenvalue weighted by atomic mass is 32.1. The third-order valence-electron chi connectivity index (χ3n) is 15.3. The van der Waals surface area contributed by atoms with Crippen molar-refractivity contribution >= 4 is 83.6 Å². The number of carbonyl (C=O) groups excluding carboxylic acids is 2. The number of nitrogens with zero attached hydrogens (tertiary/aromatic N) is 17. The number of hydrogen-bond acceptors (Lipinski definition) is 28. The van der Waals surface area contributed by atoms with Crippen LogP contribution in [0.4, 0.5) is 73.1 Å². The Hall–Kier alpha value is -8.74. The highest BCUT2D eigenvalue weighted by Gasteiger charge is 2.38. The molecule has 6 aromatic heterocycles. The van der Waals surface area contributed by atoms with Gasteiger partial charge in [-0.2, -0.15) is 15.3 Å². The molecule has 11 heterocycles. The zero-order valence-electron chi connectivity index (χ0n) is 48.6. The van der Waals surface area contributed by atoms with Gasteiger partial charge in [-0.05, 0) is 104 Å². The predicted octanol–water partition coefficient (Wildman–Crippen LogP) is 7.83. The topological polar surface area (TPSA) is 286 Å². The van der Waals surface area contributed by atoms with Crippen LogP contribution in [0.15, 0.2) is 91.4 Å². The summed E-state index contributed by atoms with van der Waals surface area (Å²) >= 11 is 3.88. The van der Waals surface area contributed by atoms with Crippen LogP contribution in [-0.2, 0) is 22.4 Å². The molecule has 0 aliphatic carbocycles. The summed E-state index contributed by atoms with van der Waals surface area (Å²) in [6.07, 6.45) is -0.777. The molecule has 2 aromatic carbocycles. The first kappa shape index (κ1) is 64.8. The Balaban J connectivity index is 0.000000150. The Labute approximate surface area is 531 Å². The number of alkyl halides is 6. The van der Waals surface area contributed by atoms with Gasteiger partial charge in [-0.15, -0.1) is 72.2 Å². The first-order chi connectivity index (χ1) is 44.3. The van der Waals surface area contributed by atoms with Crippen LogP contribution in [0.5, 0.6) is 11.5 Å². The molecule has 92 heavy (non-hydrogen) atoms. The number of nitrogen functional groups attached to an aromatic ring is 1. The van der Waals surface area contributed by atoms with Crippen molar-refractivity contribution in [3.05, 3.63) is 124 Å². The summed E-state index contributed by atoms with van der Waals surface area (Å²) in [5.74, 6) is -2.23. The first-order valence-corrected chi connectivity index (χ1v) is 31.5. The van der Waals surface area contributed by atoms with E-state index in [9.17, 15) is 44.7 Å². The minimum absolute atomic E-state index is 0.0518. The molecule has 5 N–H and O–H groups in total. The number of rotatable bonds is 21. The van der Waals surface area contributed by atoms with Crippen LogP contribution in [0, 0.1) is 11.6 Å². The molecule has 0 unspecified atom stereocenters. The number of nitrogens with one attached hydrogen (secondary N) is 3. The largest absolute Gasteiger partial charge is 0.573 e. The molecule has 13 rings (SSSR count). The molecular formula is C56H59F8N21O4S3. The number of Topliss-reactive ketones (excluding diaryl/α,β-unsaturated/α-hetero) is 2.